The zero-order valence-corrected chi connectivity index (χ0v) is 16.7. The molecule has 1 aliphatic carbocycles. The van der Waals surface area contributed by atoms with E-state index in [2.05, 4.69) is 10.0 Å². The standard InChI is InChI=1S/C21H26N2O4S/c1-2-28(26,27)22-14-16-8-9-17-10-11-20(23-21(24)25)19(18(17)13-16)12-15-6-4-3-5-7-15/h3-9,13,19-20,22-23H,2,10-12,14H2,1H3,(H,24,25). The van der Waals surface area contributed by atoms with Gasteiger partial charge in [0.15, 0.2) is 0 Å². The Morgan fingerprint density at radius 2 is 1.89 bits per heavy atom. The van der Waals surface area contributed by atoms with E-state index in [0.29, 0.717) is 0 Å². The number of carboxylic acid groups (broad SMARTS) is 1. The molecule has 0 fully saturated rings. The monoisotopic (exact) mass is 402 g/mol. The Balaban J connectivity index is 1.90. The van der Waals surface area contributed by atoms with E-state index in [0.717, 1.165) is 36.0 Å². The lowest BCUT2D eigenvalue weighted by atomic mass is 9.75. The molecular weight excluding hydrogens is 376 g/mol. The maximum absolute atomic E-state index is 11.8. The number of hydrogen-bond donors (Lipinski definition) is 3. The van der Waals surface area contributed by atoms with E-state index in [1.54, 1.807) is 6.92 Å². The molecule has 2 unspecified atom stereocenters. The van der Waals surface area contributed by atoms with Gasteiger partial charge in [0, 0.05) is 18.5 Å². The van der Waals surface area contributed by atoms with Gasteiger partial charge in [-0.2, -0.15) is 0 Å². The Morgan fingerprint density at radius 3 is 2.57 bits per heavy atom. The molecule has 0 saturated heterocycles. The van der Waals surface area contributed by atoms with Crippen molar-refractivity contribution < 1.29 is 18.3 Å². The molecule has 7 heteroatoms. The Labute approximate surface area is 166 Å². The number of nitrogens with one attached hydrogen (secondary N) is 2. The van der Waals surface area contributed by atoms with Gasteiger partial charge in [-0.15, -0.1) is 0 Å². The van der Waals surface area contributed by atoms with Crippen LogP contribution in [0.3, 0.4) is 0 Å². The Kier molecular flexibility index (Phi) is 6.36. The highest BCUT2D eigenvalue weighted by molar-refractivity contribution is 7.89. The van der Waals surface area contributed by atoms with Crippen LogP contribution < -0.4 is 10.0 Å². The first-order chi connectivity index (χ1) is 13.4. The molecule has 2 aromatic carbocycles. The molecule has 0 bridgehead atoms. The van der Waals surface area contributed by atoms with Crippen molar-refractivity contribution in [2.24, 2.45) is 0 Å². The molecule has 0 spiro atoms. The van der Waals surface area contributed by atoms with Gasteiger partial charge in [-0.1, -0.05) is 48.5 Å². The summed E-state index contributed by atoms with van der Waals surface area (Å²) in [7, 11) is -3.27. The summed E-state index contributed by atoms with van der Waals surface area (Å²) in [5.41, 5.74) is 4.33. The number of aryl methyl sites for hydroxylation is 1. The van der Waals surface area contributed by atoms with Gasteiger partial charge in [0.25, 0.3) is 0 Å². The summed E-state index contributed by atoms with van der Waals surface area (Å²) in [6, 6.07) is 15.9. The number of hydrogen-bond acceptors (Lipinski definition) is 3. The van der Waals surface area contributed by atoms with Crippen LogP contribution in [0.4, 0.5) is 4.79 Å². The number of fused-ring (bicyclic) bond motifs is 1. The van der Waals surface area contributed by atoms with Crippen molar-refractivity contribution in [2.45, 2.75) is 44.7 Å². The molecule has 2 aromatic rings. The number of rotatable bonds is 7. The van der Waals surface area contributed by atoms with E-state index < -0.39 is 16.1 Å². The van der Waals surface area contributed by atoms with Gasteiger partial charge in [-0.05, 0) is 48.4 Å². The van der Waals surface area contributed by atoms with Gasteiger partial charge in [0.2, 0.25) is 10.0 Å². The zero-order valence-electron chi connectivity index (χ0n) is 15.9. The predicted molar refractivity (Wildman–Crippen MR) is 109 cm³/mol. The third kappa shape index (κ3) is 5.11. The summed E-state index contributed by atoms with van der Waals surface area (Å²) < 4.78 is 26.1. The molecule has 1 aliphatic rings. The van der Waals surface area contributed by atoms with Gasteiger partial charge in [0.1, 0.15) is 0 Å². The topological polar surface area (TPSA) is 95.5 Å². The van der Waals surface area contributed by atoms with Crippen molar-refractivity contribution in [2.75, 3.05) is 5.75 Å². The number of benzene rings is 2. The molecule has 150 valence electrons. The van der Waals surface area contributed by atoms with Gasteiger partial charge < -0.3 is 10.4 Å². The van der Waals surface area contributed by atoms with Crippen molar-refractivity contribution in [3.8, 4) is 0 Å². The van der Waals surface area contributed by atoms with E-state index >= 15 is 0 Å². The summed E-state index contributed by atoms with van der Waals surface area (Å²) in [5, 5.41) is 11.9. The molecule has 6 nitrogen and oxygen atoms in total. The first-order valence-electron chi connectivity index (χ1n) is 9.50. The van der Waals surface area contributed by atoms with E-state index in [9.17, 15) is 18.3 Å². The second kappa shape index (κ2) is 8.75. The molecule has 28 heavy (non-hydrogen) atoms. The highest BCUT2D eigenvalue weighted by Gasteiger charge is 2.31. The van der Waals surface area contributed by atoms with Crippen LogP contribution >= 0.6 is 0 Å². The van der Waals surface area contributed by atoms with Crippen LogP contribution in [0.5, 0.6) is 0 Å². The van der Waals surface area contributed by atoms with Crippen LogP contribution in [0.1, 0.15) is 41.5 Å². The number of sulfonamides is 1. The minimum Gasteiger partial charge on any atom is -0.465 e. The second-order valence-electron chi connectivity index (χ2n) is 7.15. The van der Waals surface area contributed by atoms with Crippen LogP contribution in [0.15, 0.2) is 48.5 Å². The maximum atomic E-state index is 11.8. The molecule has 3 N–H and O–H groups in total. The summed E-state index contributed by atoms with van der Waals surface area (Å²) in [4.78, 5) is 11.3. The molecule has 3 rings (SSSR count). The fraction of sp³-hybridized carbons (Fsp3) is 0.381. The third-order valence-electron chi connectivity index (χ3n) is 5.30. The predicted octanol–water partition coefficient (Wildman–Crippen LogP) is 3.03. The average Bonchev–Trinajstić information content (AvgIpc) is 2.68. The molecule has 0 aromatic heterocycles. The van der Waals surface area contributed by atoms with Crippen LogP contribution in [0.2, 0.25) is 0 Å². The largest absolute Gasteiger partial charge is 0.465 e. The van der Waals surface area contributed by atoms with Gasteiger partial charge >= 0.3 is 6.09 Å². The van der Waals surface area contributed by atoms with Crippen molar-refractivity contribution in [3.63, 3.8) is 0 Å². The lowest BCUT2D eigenvalue weighted by Crippen LogP contribution is -2.42. The summed E-state index contributed by atoms with van der Waals surface area (Å²) in [5.74, 6) is 0.0455. The fourth-order valence-electron chi connectivity index (χ4n) is 3.80. The minimum absolute atomic E-state index is 0.00461. The quantitative estimate of drug-likeness (QED) is 0.663. The normalized spacial score (nSPS) is 19.0. The summed E-state index contributed by atoms with van der Waals surface area (Å²) in [6.45, 7) is 1.84. The van der Waals surface area contributed by atoms with E-state index in [1.807, 2.05) is 48.5 Å². The lowest BCUT2D eigenvalue weighted by molar-refractivity contribution is 0.185. The molecule has 0 saturated carbocycles. The van der Waals surface area contributed by atoms with E-state index in [1.165, 1.54) is 5.56 Å². The SMILES string of the molecule is CCS(=O)(=O)NCc1ccc2c(c1)C(Cc1ccccc1)C(NC(=O)O)CC2. The molecular formula is C21H26N2O4S. The molecule has 0 heterocycles. The molecule has 0 radical (unpaired) electrons. The van der Waals surface area contributed by atoms with Crippen LogP contribution in [-0.4, -0.2) is 31.4 Å². The fourth-order valence-corrected chi connectivity index (χ4v) is 4.39. The second-order valence-corrected chi connectivity index (χ2v) is 9.24. The lowest BCUT2D eigenvalue weighted by Gasteiger charge is -2.34. The van der Waals surface area contributed by atoms with Crippen molar-refractivity contribution in [3.05, 3.63) is 70.8 Å². The number of carbonyl (C=O) groups is 1. The van der Waals surface area contributed by atoms with Crippen LogP contribution in [0, 0.1) is 0 Å². The minimum atomic E-state index is -3.27. The molecule has 1 amide bonds. The smallest absolute Gasteiger partial charge is 0.404 e. The third-order valence-corrected chi connectivity index (χ3v) is 6.65. The van der Waals surface area contributed by atoms with Crippen molar-refractivity contribution >= 4 is 16.1 Å². The van der Waals surface area contributed by atoms with Crippen molar-refractivity contribution in [1.29, 1.82) is 0 Å². The van der Waals surface area contributed by atoms with E-state index in [-0.39, 0.29) is 24.3 Å². The van der Waals surface area contributed by atoms with Crippen LogP contribution in [-0.2, 0) is 29.4 Å². The first kappa shape index (κ1) is 20.4. The van der Waals surface area contributed by atoms with E-state index in [4.69, 9.17) is 0 Å². The molecule has 0 aliphatic heterocycles. The Hall–Kier alpha value is -2.38. The summed E-state index contributed by atoms with van der Waals surface area (Å²) in [6.07, 6.45) is 1.26. The Morgan fingerprint density at radius 1 is 1.14 bits per heavy atom. The first-order valence-corrected chi connectivity index (χ1v) is 11.2. The van der Waals surface area contributed by atoms with Crippen molar-refractivity contribution in [1.82, 2.24) is 10.0 Å². The Bertz CT molecular complexity index is 929. The van der Waals surface area contributed by atoms with Gasteiger partial charge in [-0.25, -0.2) is 17.9 Å². The van der Waals surface area contributed by atoms with Gasteiger partial charge in [-0.3, -0.25) is 0 Å². The number of amides is 1. The highest BCUT2D eigenvalue weighted by Crippen LogP contribution is 2.35. The maximum Gasteiger partial charge on any atom is 0.404 e. The molecule has 2 atom stereocenters. The average molecular weight is 403 g/mol. The zero-order chi connectivity index (χ0) is 20.1. The summed E-state index contributed by atoms with van der Waals surface area (Å²) >= 11 is 0. The van der Waals surface area contributed by atoms with Gasteiger partial charge in [0.05, 0.1) is 5.75 Å². The van der Waals surface area contributed by atoms with Crippen LogP contribution in [0.25, 0.3) is 0 Å². The highest BCUT2D eigenvalue weighted by atomic mass is 32.2.